The van der Waals surface area contributed by atoms with E-state index in [2.05, 4.69) is 0 Å². The monoisotopic (exact) mass is 472 g/mol. The van der Waals surface area contributed by atoms with Crippen molar-refractivity contribution in [1.29, 1.82) is 0 Å². The number of ether oxygens (including phenoxy) is 2. The van der Waals surface area contributed by atoms with Gasteiger partial charge in [-0.2, -0.15) is 0 Å². The molecular formula is C26H33ClN2O4. The lowest BCUT2D eigenvalue weighted by molar-refractivity contribution is -0.0626. The number of rotatable bonds is 5. The first-order valence-electron chi connectivity index (χ1n) is 11.2. The molecule has 2 aromatic carbocycles. The average Bonchev–Trinajstić information content (AvgIpc) is 3.05. The molecule has 1 atom stereocenters. The molecule has 7 heteroatoms. The SMILES string of the molecule is CN(C(=O)c1ccc(Cl)cc1)c1ccc(CC[C@H]2COC(C)(C)N2C(=O)OC(C)(C)C)cc1. The lowest BCUT2D eigenvalue weighted by Gasteiger charge is -2.35. The summed E-state index contributed by atoms with van der Waals surface area (Å²) >= 11 is 5.92. The molecule has 0 radical (unpaired) electrons. The van der Waals surface area contributed by atoms with Crippen molar-refractivity contribution in [1.82, 2.24) is 4.90 Å². The van der Waals surface area contributed by atoms with Crippen LogP contribution in [0.4, 0.5) is 10.5 Å². The highest BCUT2D eigenvalue weighted by atomic mass is 35.5. The van der Waals surface area contributed by atoms with E-state index in [1.54, 1.807) is 41.1 Å². The molecule has 1 aliphatic heterocycles. The topological polar surface area (TPSA) is 59.1 Å². The number of nitrogens with zero attached hydrogens (tertiary/aromatic N) is 2. The highest BCUT2D eigenvalue weighted by Crippen LogP contribution is 2.31. The van der Waals surface area contributed by atoms with E-state index in [-0.39, 0.29) is 18.0 Å². The predicted octanol–water partition coefficient (Wildman–Crippen LogP) is 5.92. The quantitative estimate of drug-likeness (QED) is 0.541. The van der Waals surface area contributed by atoms with Gasteiger partial charge in [0.15, 0.2) is 0 Å². The zero-order chi connectivity index (χ0) is 24.4. The fourth-order valence-electron chi connectivity index (χ4n) is 3.90. The molecule has 0 N–H and O–H groups in total. The molecule has 0 saturated carbocycles. The highest BCUT2D eigenvalue weighted by Gasteiger charge is 2.45. The summed E-state index contributed by atoms with van der Waals surface area (Å²) in [7, 11) is 1.75. The zero-order valence-electron chi connectivity index (χ0n) is 20.2. The number of carbonyl (C=O) groups is 2. The van der Waals surface area contributed by atoms with Crippen LogP contribution >= 0.6 is 11.6 Å². The van der Waals surface area contributed by atoms with Gasteiger partial charge in [-0.15, -0.1) is 0 Å². The molecule has 6 nitrogen and oxygen atoms in total. The van der Waals surface area contributed by atoms with Gasteiger partial charge in [-0.1, -0.05) is 23.7 Å². The van der Waals surface area contributed by atoms with Crippen LogP contribution in [0, 0.1) is 0 Å². The molecule has 0 unspecified atom stereocenters. The highest BCUT2D eigenvalue weighted by molar-refractivity contribution is 6.30. The van der Waals surface area contributed by atoms with Crippen LogP contribution in [0.1, 0.15) is 57.0 Å². The van der Waals surface area contributed by atoms with Crippen molar-refractivity contribution in [2.24, 2.45) is 0 Å². The van der Waals surface area contributed by atoms with Gasteiger partial charge < -0.3 is 14.4 Å². The Bertz CT molecular complexity index is 981. The van der Waals surface area contributed by atoms with E-state index in [9.17, 15) is 9.59 Å². The smallest absolute Gasteiger partial charge is 0.412 e. The van der Waals surface area contributed by atoms with Crippen LogP contribution < -0.4 is 4.90 Å². The minimum Gasteiger partial charge on any atom is -0.444 e. The van der Waals surface area contributed by atoms with E-state index in [1.807, 2.05) is 58.9 Å². The molecule has 178 valence electrons. The first-order valence-corrected chi connectivity index (χ1v) is 11.5. The molecule has 1 fully saturated rings. The van der Waals surface area contributed by atoms with E-state index >= 15 is 0 Å². The van der Waals surface area contributed by atoms with Gasteiger partial charge in [0.2, 0.25) is 0 Å². The predicted molar refractivity (Wildman–Crippen MR) is 131 cm³/mol. The van der Waals surface area contributed by atoms with E-state index in [1.165, 1.54) is 0 Å². The molecular weight excluding hydrogens is 440 g/mol. The largest absolute Gasteiger partial charge is 0.444 e. The van der Waals surface area contributed by atoms with Gasteiger partial charge in [-0.05, 0) is 89.4 Å². The summed E-state index contributed by atoms with van der Waals surface area (Å²) in [5.74, 6) is -0.0993. The molecule has 1 aliphatic rings. The molecule has 2 aromatic rings. The van der Waals surface area contributed by atoms with E-state index in [0.717, 1.165) is 24.1 Å². The van der Waals surface area contributed by atoms with Crippen molar-refractivity contribution in [3.63, 3.8) is 0 Å². The third-order valence-corrected chi connectivity index (χ3v) is 5.90. The van der Waals surface area contributed by atoms with E-state index < -0.39 is 11.3 Å². The van der Waals surface area contributed by atoms with Crippen LogP contribution in [0.25, 0.3) is 0 Å². The Morgan fingerprint density at radius 1 is 1.12 bits per heavy atom. The van der Waals surface area contributed by atoms with Crippen molar-refractivity contribution < 1.29 is 19.1 Å². The molecule has 1 heterocycles. The van der Waals surface area contributed by atoms with Gasteiger partial charge in [0, 0.05) is 23.3 Å². The van der Waals surface area contributed by atoms with Gasteiger partial charge in [-0.3, -0.25) is 9.69 Å². The fraction of sp³-hybridized carbons (Fsp3) is 0.462. The van der Waals surface area contributed by atoms with Crippen LogP contribution in [0.3, 0.4) is 0 Å². The standard InChI is InChI=1S/C26H33ClN2O4/c1-25(2,3)33-24(31)29-22(17-32-26(29,4)5)16-9-18-7-14-21(15-8-18)28(6)23(30)19-10-12-20(27)13-11-19/h7-8,10-15,22H,9,16-17H2,1-6H3/t22-/m0/s1. The molecule has 1 saturated heterocycles. The molecule has 0 bridgehead atoms. The molecule has 3 rings (SSSR count). The summed E-state index contributed by atoms with van der Waals surface area (Å²) in [5, 5.41) is 0.597. The van der Waals surface area contributed by atoms with Crippen LogP contribution in [-0.2, 0) is 15.9 Å². The van der Waals surface area contributed by atoms with Crippen LogP contribution in [0.15, 0.2) is 48.5 Å². The molecule has 0 aliphatic carbocycles. The van der Waals surface area contributed by atoms with Gasteiger partial charge in [0.1, 0.15) is 11.3 Å². The lowest BCUT2D eigenvalue weighted by atomic mass is 10.0. The molecule has 0 aromatic heterocycles. The number of anilines is 1. The first-order chi connectivity index (χ1) is 15.4. The minimum absolute atomic E-state index is 0.0660. The third kappa shape index (κ3) is 6.27. The second-order valence-corrected chi connectivity index (χ2v) is 10.3. The second-order valence-electron chi connectivity index (χ2n) is 9.84. The third-order valence-electron chi connectivity index (χ3n) is 5.65. The maximum atomic E-state index is 12.8. The molecule has 2 amide bonds. The fourth-order valence-corrected chi connectivity index (χ4v) is 4.03. The summed E-state index contributed by atoms with van der Waals surface area (Å²) in [6.45, 7) is 9.83. The molecule has 33 heavy (non-hydrogen) atoms. The number of carbonyl (C=O) groups excluding carboxylic acids is 2. The van der Waals surface area contributed by atoms with Crippen LogP contribution in [0.2, 0.25) is 5.02 Å². The van der Waals surface area contributed by atoms with Crippen molar-refractivity contribution in [3.05, 3.63) is 64.7 Å². The number of hydrogen-bond acceptors (Lipinski definition) is 4. The Balaban J connectivity index is 1.63. The van der Waals surface area contributed by atoms with Crippen LogP contribution in [-0.4, -0.2) is 47.9 Å². The maximum absolute atomic E-state index is 12.8. The first kappa shape index (κ1) is 25.1. The summed E-state index contributed by atoms with van der Waals surface area (Å²) in [6, 6.07) is 14.7. The van der Waals surface area contributed by atoms with E-state index in [0.29, 0.717) is 17.2 Å². The lowest BCUT2D eigenvalue weighted by Crippen LogP contribution is -2.49. The summed E-state index contributed by atoms with van der Waals surface area (Å²) in [4.78, 5) is 28.8. The van der Waals surface area contributed by atoms with Crippen molar-refractivity contribution >= 4 is 29.3 Å². The van der Waals surface area contributed by atoms with Gasteiger partial charge in [0.25, 0.3) is 5.91 Å². The summed E-state index contributed by atoms with van der Waals surface area (Å²) in [6.07, 6.45) is 1.17. The van der Waals surface area contributed by atoms with E-state index in [4.69, 9.17) is 21.1 Å². The van der Waals surface area contributed by atoms with Gasteiger partial charge >= 0.3 is 6.09 Å². The summed E-state index contributed by atoms with van der Waals surface area (Å²) in [5.41, 5.74) is 1.24. The van der Waals surface area contributed by atoms with Crippen LogP contribution in [0.5, 0.6) is 0 Å². The second kappa shape index (κ2) is 9.74. The van der Waals surface area contributed by atoms with Crippen molar-refractivity contribution in [3.8, 4) is 0 Å². The normalized spacial score (nSPS) is 17.7. The summed E-state index contributed by atoms with van der Waals surface area (Å²) < 4.78 is 11.5. The average molecular weight is 473 g/mol. The van der Waals surface area contributed by atoms with Gasteiger partial charge in [-0.25, -0.2) is 4.79 Å². The number of hydrogen-bond donors (Lipinski definition) is 0. The number of amides is 2. The maximum Gasteiger partial charge on any atom is 0.412 e. The molecule has 0 spiro atoms. The minimum atomic E-state index is -0.707. The van der Waals surface area contributed by atoms with Gasteiger partial charge in [0.05, 0.1) is 12.6 Å². The Hall–Kier alpha value is -2.57. The number of benzene rings is 2. The number of aryl methyl sites for hydroxylation is 1. The van der Waals surface area contributed by atoms with Crippen molar-refractivity contribution in [2.45, 2.75) is 64.8 Å². The Kier molecular flexibility index (Phi) is 7.39. The number of halogens is 1. The zero-order valence-corrected chi connectivity index (χ0v) is 21.0. The van der Waals surface area contributed by atoms with Crippen molar-refractivity contribution in [2.75, 3.05) is 18.6 Å². The Labute approximate surface area is 201 Å². The Morgan fingerprint density at radius 2 is 1.73 bits per heavy atom. The Morgan fingerprint density at radius 3 is 2.30 bits per heavy atom.